The Kier molecular flexibility index (Phi) is 6.14. The molecule has 2 N–H and O–H groups in total. The molecule has 0 aromatic heterocycles. The zero-order valence-electron chi connectivity index (χ0n) is 13.1. The SMILES string of the molecule is O=C(O)CCCCC(=O)NCc1cccc(N2CCCC2=O)c1. The molecule has 2 amide bonds. The molecule has 0 unspecified atom stereocenters. The van der Waals surface area contributed by atoms with Crippen molar-refractivity contribution in [1.82, 2.24) is 5.32 Å². The van der Waals surface area contributed by atoms with Gasteiger partial charge in [-0.05, 0) is 37.0 Å². The Morgan fingerprint density at radius 1 is 1.22 bits per heavy atom. The Hall–Kier alpha value is -2.37. The highest BCUT2D eigenvalue weighted by atomic mass is 16.4. The summed E-state index contributed by atoms with van der Waals surface area (Å²) in [5.41, 5.74) is 1.82. The average Bonchev–Trinajstić information content (AvgIpc) is 2.96. The molecule has 1 fully saturated rings. The maximum atomic E-state index is 11.8. The summed E-state index contributed by atoms with van der Waals surface area (Å²) in [6.45, 7) is 1.16. The van der Waals surface area contributed by atoms with E-state index in [1.807, 2.05) is 24.3 Å². The van der Waals surface area contributed by atoms with E-state index in [4.69, 9.17) is 5.11 Å². The smallest absolute Gasteiger partial charge is 0.303 e. The van der Waals surface area contributed by atoms with Crippen LogP contribution in [0.3, 0.4) is 0 Å². The molecule has 1 aliphatic heterocycles. The number of carboxylic acids is 1. The van der Waals surface area contributed by atoms with E-state index in [0.717, 1.165) is 24.2 Å². The van der Waals surface area contributed by atoms with Crippen molar-refractivity contribution < 1.29 is 19.5 Å². The maximum absolute atomic E-state index is 11.8. The zero-order valence-corrected chi connectivity index (χ0v) is 13.1. The van der Waals surface area contributed by atoms with E-state index in [-0.39, 0.29) is 18.2 Å². The third-order valence-corrected chi connectivity index (χ3v) is 3.83. The van der Waals surface area contributed by atoms with E-state index in [1.54, 1.807) is 4.90 Å². The highest BCUT2D eigenvalue weighted by Crippen LogP contribution is 2.22. The summed E-state index contributed by atoms with van der Waals surface area (Å²) < 4.78 is 0. The van der Waals surface area contributed by atoms with Crippen LogP contribution in [0.2, 0.25) is 0 Å². The van der Waals surface area contributed by atoms with Crippen molar-refractivity contribution in [1.29, 1.82) is 0 Å². The predicted molar refractivity (Wildman–Crippen MR) is 86.0 cm³/mol. The minimum Gasteiger partial charge on any atom is -0.481 e. The van der Waals surface area contributed by atoms with E-state index in [2.05, 4.69) is 5.32 Å². The van der Waals surface area contributed by atoms with Gasteiger partial charge >= 0.3 is 5.97 Å². The van der Waals surface area contributed by atoms with Gasteiger partial charge in [-0.25, -0.2) is 0 Å². The number of amides is 2. The number of nitrogens with zero attached hydrogens (tertiary/aromatic N) is 1. The number of carbonyl (C=O) groups is 3. The van der Waals surface area contributed by atoms with Gasteiger partial charge in [-0.15, -0.1) is 0 Å². The summed E-state index contributed by atoms with van der Waals surface area (Å²) in [5.74, 6) is -0.777. The van der Waals surface area contributed by atoms with Gasteiger partial charge in [0.1, 0.15) is 0 Å². The summed E-state index contributed by atoms with van der Waals surface area (Å²) in [4.78, 5) is 35.7. The van der Waals surface area contributed by atoms with Crippen LogP contribution in [0.5, 0.6) is 0 Å². The quantitative estimate of drug-likeness (QED) is 0.718. The maximum Gasteiger partial charge on any atom is 0.303 e. The van der Waals surface area contributed by atoms with E-state index >= 15 is 0 Å². The number of benzene rings is 1. The largest absolute Gasteiger partial charge is 0.481 e. The fraction of sp³-hybridized carbons (Fsp3) is 0.471. The summed E-state index contributed by atoms with van der Waals surface area (Å²) in [7, 11) is 0. The predicted octanol–water partition coefficient (Wildman–Crippen LogP) is 2.07. The molecule has 2 rings (SSSR count). The monoisotopic (exact) mass is 318 g/mol. The summed E-state index contributed by atoms with van der Waals surface area (Å²) in [6.07, 6.45) is 2.99. The van der Waals surface area contributed by atoms with Gasteiger partial charge < -0.3 is 15.3 Å². The van der Waals surface area contributed by atoms with Crippen LogP contribution in [-0.4, -0.2) is 29.4 Å². The third kappa shape index (κ3) is 5.39. The second kappa shape index (κ2) is 8.31. The molecule has 0 aliphatic carbocycles. The second-order valence-electron chi connectivity index (χ2n) is 5.70. The van der Waals surface area contributed by atoms with Gasteiger partial charge in [0.05, 0.1) is 0 Å². The standard InChI is InChI=1S/C17H22N2O4/c20-15(7-1-2-9-17(22)23)18-12-13-5-3-6-14(11-13)19-10-4-8-16(19)21/h3,5-6,11H,1-2,4,7-10,12H2,(H,18,20)(H,22,23). The minimum atomic E-state index is -0.835. The molecule has 1 aromatic rings. The van der Waals surface area contributed by atoms with Gasteiger partial charge in [-0.3, -0.25) is 14.4 Å². The zero-order chi connectivity index (χ0) is 16.7. The second-order valence-corrected chi connectivity index (χ2v) is 5.70. The first-order valence-electron chi connectivity index (χ1n) is 7.94. The van der Waals surface area contributed by atoms with E-state index in [0.29, 0.717) is 32.2 Å². The summed E-state index contributed by atoms with van der Waals surface area (Å²) in [6, 6.07) is 7.62. The van der Waals surface area contributed by atoms with Gasteiger partial charge in [-0.2, -0.15) is 0 Å². The molecule has 0 saturated carbocycles. The Labute approximate surface area is 135 Å². The normalized spacial score (nSPS) is 14.1. The number of unbranched alkanes of at least 4 members (excludes halogenated alkanes) is 1. The highest BCUT2D eigenvalue weighted by molar-refractivity contribution is 5.95. The average molecular weight is 318 g/mol. The molecule has 0 spiro atoms. The first kappa shape index (κ1) is 17.0. The Balaban J connectivity index is 1.78. The van der Waals surface area contributed by atoms with Gasteiger partial charge in [0.2, 0.25) is 11.8 Å². The number of nitrogens with one attached hydrogen (secondary N) is 1. The topological polar surface area (TPSA) is 86.7 Å². The van der Waals surface area contributed by atoms with Crippen LogP contribution in [0.25, 0.3) is 0 Å². The van der Waals surface area contributed by atoms with Gasteiger partial charge in [-0.1, -0.05) is 12.1 Å². The number of anilines is 1. The number of carboxylic acid groups (broad SMARTS) is 1. The van der Waals surface area contributed by atoms with Gasteiger partial charge in [0.25, 0.3) is 0 Å². The summed E-state index contributed by atoms with van der Waals surface area (Å²) >= 11 is 0. The Bertz CT molecular complexity index is 586. The molecule has 1 heterocycles. The molecule has 1 saturated heterocycles. The van der Waals surface area contributed by atoms with Crippen molar-refractivity contribution in [2.75, 3.05) is 11.4 Å². The van der Waals surface area contributed by atoms with Crippen LogP contribution in [0.4, 0.5) is 5.69 Å². The van der Waals surface area contributed by atoms with Crippen LogP contribution in [0, 0.1) is 0 Å². The molecule has 124 valence electrons. The van der Waals surface area contributed by atoms with Gasteiger partial charge in [0, 0.05) is 38.0 Å². The summed E-state index contributed by atoms with van der Waals surface area (Å²) in [5, 5.41) is 11.4. The molecule has 1 aromatic carbocycles. The fourth-order valence-electron chi connectivity index (χ4n) is 2.61. The Morgan fingerprint density at radius 3 is 2.70 bits per heavy atom. The molecule has 0 bridgehead atoms. The first-order valence-corrected chi connectivity index (χ1v) is 7.94. The molecule has 6 nitrogen and oxygen atoms in total. The van der Waals surface area contributed by atoms with Crippen LogP contribution >= 0.6 is 0 Å². The van der Waals surface area contributed by atoms with E-state index < -0.39 is 5.97 Å². The molecule has 0 atom stereocenters. The lowest BCUT2D eigenvalue weighted by Gasteiger charge is -2.16. The number of hydrogen-bond donors (Lipinski definition) is 2. The van der Waals surface area contributed by atoms with E-state index in [1.165, 1.54) is 0 Å². The number of carbonyl (C=O) groups excluding carboxylic acids is 2. The van der Waals surface area contributed by atoms with Crippen molar-refractivity contribution in [3.05, 3.63) is 29.8 Å². The molecular weight excluding hydrogens is 296 g/mol. The Morgan fingerprint density at radius 2 is 2.00 bits per heavy atom. The molecule has 6 heteroatoms. The number of aliphatic carboxylic acids is 1. The van der Waals surface area contributed by atoms with E-state index in [9.17, 15) is 14.4 Å². The van der Waals surface area contributed by atoms with Crippen LogP contribution < -0.4 is 10.2 Å². The highest BCUT2D eigenvalue weighted by Gasteiger charge is 2.21. The van der Waals surface area contributed by atoms with Crippen LogP contribution in [0.15, 0.2) is 24.3 Å². The van der Waals surface area contributed by atoms with Gasteiger partial charge in [0.15, 0.2) is 0 Å². The fourth-order valence-corrected chi connectivity index (χ4v) is 2.61. The van der Waals surface area contributed by atoms with Crippen LogP contribution in [0.1, 0.15) is 44.1 Å². The lowest BCUT2D eigenvalue weighted by atomic mass is 10.1. The molecule has 1 aliphatic rings. The molecule has 23 heavy (non-hydrogen) atoms. The lowest BCUT2D eigenvalue weighted by molar-refractivity contribution is -0.137. The molecular formula is C17H22N2O4. The van der Waals surface area contributed by atoms with Crippen molar-refractivity contribution >= 4 is 23.5 Å². The third-order valence-electron chi connectivity index (χ3n) is 3.83. The minimum absolute atomic E-state index is 0.0851. The van der Waals surface area contributed by atoms with Crippen molar-refractivity contribution in [3.8, 4) is 0 Å². The van der Waals surface area contributed by atoms with Crippen LogP contribution in [-0.2, 0) is 20.9 Å². The lowest BCUT2D eigenvalue weighted by Crippen LogP contribution is -2.25. The van der Waals surface area contributed by atoms with Crippen molar-refractivity contribution in [3.63, 3.8) is 0 Å². The van der Waals surface area contributed by atoms with Crippen molar-refractivity contribution in [2.24, 2.45) is 0 Å². The molecule has 0 radical (unpaired) electrons. The number of hydrogen-bond acceptors (Lipinski definition) is 3. The number of rotatable bonds is 8. The van der Waals surface area contributed by atoms with Crippen molar-refractivity contribution in [2.45, 2.75) is 45.1 Å². The first-order chi connectivity index (χ1) is 11.1.